The molecule has 3 nitrogen and oxygen atoms in total. The van der Waals surface area contributed by atoms with Gasteiger partial charge in [-0.05, 0) is 31.0 Å². The number of rotatable bonds is 2. The number of hydrogen-bond acceptors (Lipinski definition) is 2. The smallest absolute Gasteiger partial charge is 0.282 e. The van der Waals surface area contributed by atoms with Crippen LogP contribution < -0.4 is 0 Å². The number of hydrogen-bond donors (Lipinski definition) is 1. The first kappa shape index (κ1) is 28.3. The molecule has 1 N–H and O–H groups in total. The van der Waals surface area contributed by atoms with Gasteiger partial charge < -0.3 is 0 Å². The molecule has 0 saturated heterocycles. The standard InChI is InChI=1S/C8H10O3S.C4H10.2C2H4.C2H2/c1-6-3-4-7(2)8(5-6)12(9,10)11;1-3-4-2;3*1-2/h3-5H,1-2H3,(H,9,10,11);3-4H2,1-2H3;2*1-2H2;1-2H. The van der Waals surface area contributed by atoms with E-state index in [1.807, 2.05) is 0 Å². The molecule has 0 fully saturated rings. The highest BCUT2D eigenvalue weighted by atomic mass is 32.2. The fraction of sp³-hybridized carbons (Fsp3) is 0.333. The van der Waals surface area contributed by atoms with E-state index in [2.05, 4.69) is 53.0 Å². The van der Waals surface area contributed by atoms with Crippen molar-refractivity contribution in [1.82, 2.24) is 0 Å². The first-order chi connectivity index (χ1) is 10.3. The largest absolute Gasteiger partial charge is 0.294 e. The van der Waals surface area contributed by atoms with E-state index in [1.165, 1.54) is 18.9 Å². The van der Waals surface area contributed by atoms with Crippen molar-refractivity contribution in [2.45, 2.75) is 45.4 Å². The molecule has 0 heterocycles. The Morgan fingerprint density at radius 2 is 1.36 bits per heavy atom. The Hall–Kier alpha value is -1.83. The van der Waals surface area contributed by atoms with Crippen molar-refractivity contribution in [1.29, 1.82) is 0 Å². The van der Waals surface area contributed by atoms with Gasteiger partial charge in [0, 0.05) is 0 Å². The van der Waals surface area contributed by atoms with Crippen LogP contribution in [0.25, 0.3) is 0 Å². The maximum Gasteiger partial charge on any atom is 0.294 e. The highest BCUT2D eigenvalue weighted by molar-refractivity contribution is 7.85. The maximum absolute atomic E-state index is 10.8. The van der Waals surface area contributed by atoms with Gasteiger partial charge in [-0.2, -0.15) is 8.42 Å². The second kappa shape index (κ2) is 19.2. The molecule has 0 amide bonds. The first-order valence-corrected chi connectivity index (χ1v) is 8.15. The Bertz CT molecular complexity index is 484. The summed E-state index contributed by atoms with van der Waals surface area (Å²) in [6.07, 6.45) is 10.6. The third-order valence-electron chi connectivity index (χ3n) is 2.12. The second-order valence-corrected chi connectivity index (χ2v) is 5.13. The van der Waals surface area contributed by atoms with Gasteiger partial charge in [-0.1, -0.05) is 38.8 Å². The quantitative estimate of drug-likeness (QED) is 0.461. The SMILES string of the molecule is C#C.C=C.C=C.CCCC.Cc1ccc(C)c(S(=O)(=O)O)c1. The molecule has 0 unspecified atom stereocenters. The lowest BCUT2D eigenvalue weighted by molar-refractivity contribution is 0.482. The average molecular weight is 327 g/mol. The van der Waals surface area contributed by atoms with Crippen molar-refractivity contribution in [3.63, 3.8) is 0 Å². The van der Waals surface area contributed by atoms with Gasteiger partial charge in [-0.25, -0.2) is 0 Å². The molecule has 0 bridgehead atoms. The van der Waals surface area contributed by atoms with Crippen LogP contribution in [-0.2, 0) is 10.1 Å². The van der Waals surface area contributed by atoms with E-state index in [0.29, 0.717) is 5.56 Å². The van der Waals surface area contributed by atoms with E-state index in [9.17, 15) is 8.42 Å². The monoisotopic (exact) mass is 326 g/mol. The third-order valence-corrected chi connectivity index (χ3v) is 3.12. The van der Waals surface area contributed by atoms with Crippen molar-refractivity contribution >= 4 is 10.1 Å². The van der Waals surface area contributed by atoms with E-state index in [4.69, 9.17) is 4.55 Å². The maximum atomic E-state index is 10.8. The van der Waals surface area contributed by atoms with E-state index >= 15 is 0 Å². The Labute approximate surface area is 137 Å². The van der Waals surface area contributed by atoms with Gasteiger partial charge in [0.25, 0.3) is 10.1 Å². The van der Waals surface area contributed by atoms with E-state index < -0.39 is 10.1 Å². The van der Waals surface area contributed by atoms with Gasteiger partial charge in [0.15, 0.2) is 0 Å². The van der Waals surface area contributed by atoms with Crippen molar-refractivity contribution < 1.29 is 13.0 Å². The van der Waals surface area contributed by atoms with Crippen LogP contribution >= 0.6 is 0 Å². The summed E-state index contributed by atoms with van der Waals surface area (Å²) in [4.78, 5) is -0.0116. The zero-order valence-corrected chi connectivity index (χ0v) is 15.1. The van der Waals surface area contributed by atoms with E-state index in [0.717, 1.165) is 5.56 Å². The second-order valence-electron chi connectivity index (χ2n) is 3.74. The topological polar surface area (TPSA) is 54.4 Å². The minimum Gasteiger partial charge on any atom is -0.282 e. The summed E-state index contributed by atoms with van der Waals surface area (Å²) in [5.41, 5.74) is 1.37. The van der Waals surface area contributed by atoms with Gasteiger partial charge in [-0.15, -0.1) is 39.2 Å². The molecule has 0 radical (unpaired) electrons. The van der Waals surface area contributed by atoms with Crippen molar-refractivity contribution in [2.24, 2.45) is 0 Å². The first-order valence-electron chi connectivity index (χ1n) is 6.71. The minimum atomic E-state index is -4.06. The number of benzene rings is 1. The van der Waals surface area contributed by atoms with Crippen LogP contribution in [0.3, 0.4) is 0 Å². The predicted octanol–water partition coefficient (Wildman–Crippen LogP) is 5.21. The molecule has 0 aliphatic heterocycles. The van der Waals surface area contributed by atoms with Crippen LogP contribution in [0, 0.1) is 26.7 Å². The zero-order chi connectivity index (χ0) is 18.8. The van der Waals surface area contributed by atoms with Gasteiger partial charge >= 0.3 is 0 Å². The molecule has 0 aliphatic carbocycles. The van der Waals surface area contributed by atoms with Crippen molar-refractivity contribution in [3.05, 3.63) is 55.6 Å². The van der Waals surface area contributed by atoms with Crippen LogP contribution in [0.2, 0.25) is 0 Å². The molecule has 0 spiro atoms. The normalized spacial score (nSPS) is 8.14. The molecular formula is C18H30O3S. The highest BCUT2D eigenvalue weighted by Gasteiger charge is 2.11. The number of terminal acetylenes is 1. The minimum absolute atomic E-state index is 0.0116. The molecular weight excluding hydrogens is 296 g/mol. The average Bonchev–Trinajstić information content (AvgIpc) is 2.55. The lowest BCUT2D eigenvalue weighted by Crippen LogP contribution is -2.00. The molecule has 1 aromatic rings. The molecule has 0 atom stereocenters. The Kier molecular flexibility index (Phi) is 24.7. The van der Waals surface area contributed by atoms with Gasteiger partial charge in [0.2, 0.25) is 0 Å². The lowest BCUT2D eigenvalue weighted by atomic mass is 10.2. The van der Waals surface area contributed by atoms with Crippen LogP contribution in [0.4, 0.5) is 0 Å². The van der Waals surface area contributed by atoms with Crippen LogP contribution in [0.1, 0.15) is 37.8 Å². The van der Waals surface area contributed by atoms with Crippen molar-refractivity contribution in [2.75, 3.05) is 0 Å². The molecule has 4 heteroatoms. The molecule has 0 saturated carbocycles. The fourth-order valence-corrected chi connectivity index (χ4v) is 1.79. The highest BCUT2D eigenvalue weighted by Crippen LogP contribution is 2.15. The Balaban J connectivity index is -0.000000136. The molecule has 0 aliphatic rings. The van der Waals surface area contributed by atoms with Gasteiger partial charge in [0.05, 0.1) is 4.90 Å². The van der Waals surface area contributed by atoms with E-state index in [-0.39, 0.29) is 4.90 Å². The molecule has 1 aromatic carbocycles. The number of unbranched alkanes of at least 4 members (excludes halogenated alkanes) is 1. The summed E-state index contributed by atoms with van der Waals surface area (Å²) >= 11 is 0. The molecule has 0 aromatic heterocycles. The Morgan fingerprint density at radius 1 is 1.00 bits per heavy atom. The predicted molar refractivity (Wildman–Crippen MR) is 98.7 cm³/mol. The summed E-state index contributed by atoms with van der Waals surface area (Å²) in [5.74, 6) is 0. The number of aryl methyl sites for hydroxylation is 2. The fourth-order valence-electron chi connectivity index (χ4n) is 0.985. The Morgan fingerprint density at radius 3 is 1.59 bits per heavy atom. The van der Waals surface area contributed by atoms with Crippen LogP contribution in [-0.4, -0.2) is 13.0 Å². The molecule has 1 rings (SSSR count). The lowest BCUT2D eigenvalue weighted by Gasteiger charge is -2.02. The summed E-state index contributed by atoms with van der Waals surface area (Å²) in [6.45, 7) is 19.8. The zero-order valence-electron chi connectivity index (χ0n) is 14.3. The summed E-state index contributed by atoms with van der Waals surface area (Å²) in [6, 6.07) is 4.91. The van der Waals surface area contributed by atoms with Gasteiger partial charge in [0.1, 0.15) is 0 Å². The third kappa shape index (κ3) is 16.2. The molecule has 126 valence electrons. The van der Waals surface area contributed by atoms with Crippen LogP contribution in [0.5, 0.6) is 0 Å². The summed E-state index contributed by atoms with van der Waals surface area (Å²) in [7, 11) is -4.06. The van der Waals surface area contributed by atoms with Crippen molar-refractivity contribution in [3.8, 4) is 12.8 Å². The van der Waals surface area contributed by atoms with Crippen LogP contribution in [0.15, 0.2) is 49.4 Å². The summed E-state index contributed by atoms with van der Waals surface area (Å²) in [5, 5.41) is 0. The molecule has 22 heavy (non-hydrogen) atoms. The summed E-state index contributed by atoms with van der Waals surface area (Å²) < 4.78 is 30.3. The van der Waals surface area contributed by atoms with E-state index in [1.54, 1.807) is 26.0 Å². The van der Waals surface area contributed by atoms with Gasteiger partial charge in [-0.3, -0.25) is 4.55 Å².